The van der Waals surface area contributed by atoms with E-state index in [4.69, 9.17) is 4.74 Å². The first-order valence-electron chi connectivity index (χ1n) is 6.94. The van der Waals surface area contributed by atoms with Gasteiger partial charge in [0.1, 0.15) is 5.60 Å². The third-order valence-corrected chi connectivity index (χ3v) is 3.46. The Balaban J connectivity index is 1.97. The highest BCUT2D eigenvalue weighted by Gasteiger charge is 2.39. The lowest BCUT2D eigenvalue weighted by Crippen LogP contribution is -2.56. The van der Waals surface area contributed by atoms with Gasteiger partial charge in [0.2, 0.25) is 0 Å². The van der Waals surface area contributed by atoms with E-state index in [1.807, 2.05) is 39.0 Å². The van der Waals surface area contributed by atoms with E-state index in [2.05, 4.69) is 17.4 Å². The summed E-state index contributed by atoms with van der Waals surface area (Å²) in [6, 6.07) is 10.3. The molecule has 19 heavy (non-hydrogen) atoms. The molecule has 1 N–H and O–H groups in total. The van der Waals surface area contributed by atoms with Crippen molar-refractivity contribution in [2.45, 2.75) is 57.6 Å². The Bertz CT molecular complexity index is 430. The van der Waals surface area contributed by atoms with Crippen molar-refractivity contribution in [3.63, 3.8) is 0 Å². The van der Waals surface area contributed by atoms with Crippen molar-refractivity contribution in [2.24, 2.45) is 0 Å². The molecule has 2 rings (SSSR count). The predicted octanol–water partition coefficient (Wildman–Crippen LogP) is 3.68. The molecule has 0 spiro atoms. The van der Waals surface area contributed by atoms with Crippen molar-refractivity contribution >= 4 is 6.09 Å². The summed E-state index contributed by atoms with van der Waals surface area (Å²) >= 11 is 0. The highest BCUT2D eigenvalue weighted by atomic mass is 16.6. The van der Waals surface area contributed by atoms with Gasteiger partial charge in [-0.05, 0) is 52.0 Å². The Morgan fingerprint density at radius 3 is 2.37 bits per heavy atom. The van der Waals surface area contributed by atoms with Crippen LogP contribution in [0.5, 0.6) is 0 Å². The SMILES string of the molecule is CC(C)(C)OC(=O)NC1(Cc2ccccc2)CCC1. The van der Waals surface area contributed by atoms with E-state index in [1.54, 1.807) is 0 Å². The predicted molar refractivity (Wildman–Crippen MR) is 76.1 cm³/mol. The lowest BCUT2D eigenvalue weighted by Gasteiger charge is -2.43. The average molecular weight is 261 g/mol. The lowest BCUT2D eigenvalue weighted by atomic mass is 9.73. The zero-order valence-corrected chi connectivity index (χ0v) is 12.0. The molecule has 0 saturated heterocycles. The summed E-state index contributed by atoms with van der Waals surface area (Å²) in [5.41, 5.74) is 0.712. The van der Waals surface area contributed by atoms with Crippen LogP contribution in [0.3, 0.4) is 0 Å². The Morgan fingerprint density at radius 2 is 1.89 bits per heavy atom. The number of alkyl carbamates (subject to hydrolysis) is 1. The van der Waals surface area contributed by atoms with Crippen LogP contribution in [-0.4, -0.2) is 17.2 Å². The van der Waals surface area contributed by atoms with E-state index < -0.39 is 5.60 Å². The van der Waals surface area contributed by atoms with Crippen LogP contribution in [0.1, 0.15) is 45.6 Å². The molecule has 1 aromatic carbocycles. The van der Waals surface area contributed by atoms with Gasteiger partial charge in [0, 0.05) is 5.54 Å². The van der Waals surface area contributed by atoms with Gasteiger partial charge in [-0.2, -0.15) is 0 Å². The number of carbonyl (C=O) groups is 1. The maximum Gasteiger partial charge on any atom is 0.408 e. The van der Waals surface area contributed by atoms with Crippen molar-refractivity contribution in [1.82, 2.24) is 5.32 Å². The normalized spacial score (nSPS) is 17.4. The lowest BCUT2D eigenvalue weighted by molar-refractivity contribution is 0.0383. The largest absolute Gasteiger partial charge is 0.444 e. The van der Waals surface area contributed by atoms with Crippen molar-refractivity contribution in [1.29, 1.82) is 0 Å². The summed E-state index contributed by atoms with van der Waals surface area (Å²) in [4.78, 5) is 11.9. The summed E-state index contributed by atoms with van der Waals surface area (Å²) in [5.74, 6) is 0. The van der Waals surface area contributed by atoms with E-state index >= 15 is 0 Å². The minimum Gasteiger partial charge on any atom is -0.444 e. The number of hydrogen-bond donors (Lipinski definition) is 1. The van der Waals surface area contributed by atoms with Crippen LogP contribution in [0.25, 0.3) is 0 Å². The molecular weight excluding hydrogens is 238 g/mol. The molecule has 1 saturated carbocycles. The fraction of sp³-hybridized carbons (Fsp3) is 0.562. The van der Waals surface area contributed by atoms with Gasteiger partial charge in [0.15, 0.2) is 0 Å². The van der Waals surface area contributed by atoms with Gasteiger partial charge in [-0.15, -0.1) is 0 Å². The number of carbonyl (C=O) groups excluding carboxylic acids is 1. The van der Waals surface area contributed by atoms with Gasteiger partial charge in [-0.25, -0.2) is 4.79 Å². The van der Waals surface area contributed by atoms with Gasteiger partial charge < -0.3 is 10.1 Å². The molecule has 1 amide bonds. The molecule has 1 aliphatic rings. The highest BCUT2D eigenvalue weighted by molar-refractivity contribution is 5.69. The van der Waals surface area contributed by atoms with Crippen molar-refractivity contribution in [3.8, 4) is 0 Å². The van der Waals surface area contributed by atoms with Crippen molar-refractivity contribution in [2.75, 3.05) is 0 Å². The number of amides is 1. The second-order valence-electron chi connectivity index (χ2n) is 6.42. The van der Waals surface area contributed by atoms with Gasteiger partial charge in [-0.1, -0.05) is 30.3 Å². The maximum atomic E-state index is 11.9. The summed E-state index contributed by atoms with van der Waals surface area (Å²) in [6.07, 6.45) is 3.81. The van der Waals surface area contributed by atoms with Crippen LogP contribution >= 0.6 is 0 Å². The fourth-order valence-corrected chi connectivity index (χ4v) is 2.46. The van der Waals surface area contributed by atoms with E-state index in [-0.39, 0.29) is 11.6 Å². The summed E-state index contributed by atoms with van der Waals surface area (Å²) in [5, 5.41) is 3.07. The Morgan fingerprint density at radius 1 is 1.26 bits per heavy atom. The molecule has 0 radical (unpaired) electrons. The second kappa shape index (κ2) is 5.24. The van der Waals surface area contributed by atoms with Crippen LogP contribution in [0.15, 0.2) is 30.3 Å². The standard InChI is InChI=1S/C16H23NO2/c1-15(2,3)19-14(18)17-16(10-7-11-16)12-13-8-5-4-6-9-13/h4-6,8-9H,7,10-12H2,1-3H3,(H,17,18). The minimum atomic E-state index is -0.443. The first-order valence-corrected chi connectivity index (χ1v) is 6.94. The zero-order valence-electron chi connectivity index (χ0n) is 12.0. The number of rotatable bonds is 3. The Labute approximate surface area is 115 Å². The van der Waals surface area contributed by atoms with Crippen LogP contribution in [0.2, 0.25) is 0 Å². The molecule has 3 nitrogen and oxygen atoms in total. The van der Waals surface area contributed by atoms with Crippen LogP contribution in [0, 0.1) is 0 Å². The molecule has 0 unspecified atom stereocenters. The van der Waals surface area contributed by atoms with E-state index in [0.29, 0.717) is 0 Å². The smallest absolute Gasteiger partial charge is 0.408 e. The molecule has 1 fully saturated rings. The molecule has 0 aliphatic heterocycles. The molecular formula is C16H23NO2. The molecule has 0 atom stereocenters. The van der Waals surface area contributed by atoms with Crippen molar-refractivity contribution in [3.05, 3.63) is 35.9 Å². The number of nitrogens with one attached hydrogen (secondary N) is 1. The third kappa shape index (κ3) is 3.98. The maximum absolute atomic E-state index is 11.9. The van der Waals surface area contributed by atoms with Gasteiger partial charge in [-0.3, -0.25) is 0 Å². The average Bonchev–Trinajstić information content (AvgIpc) is 2.25. The Kier molecular flexibility index (Phi) is 3.83. The van der Waals surface area contributed by atoms with Gasteiger partial charge in [0.25, 0.3) is 0 Å². The highest BCUT2D eigenvalue weighted by Crippen LogP contribution is 2.35. The van der Waals surface area contributed by atoms with Crippen molar-refractivity contribution < 1.29 is 9.53 Å². The van der Waals surface area contributed by atoms with Crippen LogP contribution < -0.4 is 5.32 Å². The minimum absolute atomic E-state index is 0.107. The number of benzene rings is 1. The Hall–Kier alpha value is -1.51. The van der Waals surface area contributed by atoms with Crippen LogP contribution in [-0.2, 0) is 11.2 Å². The molecule has 0 heterocycles. The zero-order chi connectivity index (χ0) is 13.9. The summed E-state index contributed by atoms with van der Waals surface area (Å²) in [7, 11) is 0. The topological polar surface area (TPSA) is 38.3 Å². The summed E-state index contributed by atoms with van der Waals surface area (Å²) in [6.45, 7) is 5.66. The van der Waals surface area contributed by atoms with Crippen LogP contribution in [0.4, 0.5) is 4.79 Å². The molecule has 3 heteroatoms. The molecule has 1 aliphatic carbocycles. The first-order chi connectivity index (χ1) is 8.89. The fourth-order valence-electron chi connectivity index (χ4n) is 2.46. The quantitative estimate of drug-likeness (QED) is 0.901. The molecule has 104 valence electrons. The van der Waals surface area contributed by atoms with Gasteiger partial charge in [0.05, 0.1) is 0 Å². The van der Waals surface area contributed by atoms with E-state index in [9.17, 15) is 4.79 Å². The first kappa shape index (κ1) is 13.9. The summed E-state index contributed by atoms with van der Waals surface area (Å²) < 4.78 is 5.36. The monoisotopic (exact) mass is 261 g/mol. The van der Waals surface area contributed by atoms with E-state index in [1.165, 1.54) is 12.0 Å². The molecule has 1 aromatic rings. The number of hydrogen-bond acceptors (Lipinski definition) is 2. The molecule has 0 bridgehead atoms. The third-order valence-electron chi connectivity index (χ3n) is 3.46. The number of ether oxygens (including phenoxy) is 1. The van der Waals surface area contributed by atoms with E-state index in [0.717, 1.165) is 19.3 Å². The second-order valence-corrected chi connectivity index (χ2v) is 6.42. The molecule has 0 aromatic heterocycles. The van der Waals surface area contributed by atoms with Gasteiger partial charge >= 0.3 is 6.09 Å².